The van der Waals surface area contributed by atoms with E-state index in [1.165, 1.54) is 24.0 Å². The molecule has 1 aliphatic heterocycles. The summed E-state index contributed by atoms with van der Waals surface area (Å²) in [6.07, 6.45) is 6.87. The van der Waals surface area contributed by atoms with E-state index < -0.39 is 0 Å². The zero-order chi connectivity index (χ0) is 15.3. The first-order chi connectivity index (χ1) is 10.6. The fraction of sp³-hybridized carbons (Fsp3) is 0.650. The molecule has 0 aromatic heterocycles. The van der Waals surface area contributed by atoms with Crippen LogP contribution in [0.4, 0.5) is 0 Å². The van der Waals surface area contributed by atoms with E-state index in [2.05, 4.69) is 43.0 Å². The van der Waals surface area contributed by atoms with Gasteiger partial charge >= 0.3 is 0 Å². The molecule has 4 rings (SSSR count). The first kappa shape index (κ1) is 14.3. The quantitative estimate of drug-likeness (QED) is 0.769. The molecule has 0 spiro atoms. The number of hydrogen-bond acceptors (Lipinski definition) is 1. The lowest BCUT2D eigenvalue weighted by molar-refractivity contribution is -0.142. The van der Waals surface area contributed by atoms with Crippen molar-refractivity contribution in [2.75, 3.05) is 6.54 Å². The molecule has 3 aliphatic rings. The van der Waals surface area contributed by atoms with Crippen LogP contribution in [-0.2, 0) is 16.6 Å². The second kappa shape index (κ2) is 5.11. The molecule has 1 amide bonds. The van der Waals surface area contributed by atoms with Crippen molar-refractivity contribution >= 4 is 5.91 Å². The zero-order valence-corrected chi connectivity index (χ0v) is 13.8. The molecule has 1 saturated carbocycles. The average Bonchev–Trinajstić information content (AvgIpc) is 3.05. The molecule has 0 radical (unpaired) electrons. The average molecular weight is 297 g/mol. The van der Waals surface area contributed by atoms with Gasteiger partial charge in [0.25, 0.3) is 0 Å². The van der Waals surface area contributed by atoms with Crippen LogP contribution in [0.25, 0.3) is 0 Å². The van der Waals surface area contributed by atoms with Crippen LogP contribution < -0.4 is 0 Å². The van der Waals surface area contributed by atoms with Crippen molar-refractivity contribution in [1.82, 2.24) is 4.90 Å². The number of piperidine rings is 1. The third kappa shape index (κ3) is 1.96. The monoisotopic (exact) mass is 297 g/mol. The van der Waals surface area contributed by atoms with Crippen LogP contribution >= 0.6 is 0 Å². The van der Waals surface area contributed by atoms with Gasteiger partial charge in [0.15, 0.2) is 0 Å². The van der Waals surface area contributed by atoms with Crippen LogP contribution in [0.3, 0.4) is 0 Å². The molecule has 0 N–H and O–H groups in total. The summed E-state index contributed by atoms with van der Waals surface area (Å²) in [7, 11) is 0. The van der Waals surface area contributed by atoms with Crippen LogP contribution in [0.2, 0.25) is 0 Å². The highest BCUT2D eigenvalue weighted by molar-refractivity contribution is 5.80. The molecular formula is C20H27NO. The molecule has 2 heteroatoms. The van der Waals surface area contributed by atoms with Crippen LogP contribution in [-0.4, -0.2) is 23.4 Å². The predicted octanol–water partition coefficient (Wildman–Crippen LogP) is 3.93. The predicted molar refractivity (Wildman–Crippen MR) is 88.7 cm³/mol. The maximum Gasteiger partial charge on any atom is 0.225 e. The van der Waals surface area contributed by atoms with Crippen molar-refractivity contribution in [3.05, 3.63) is 35.4 Å². The number of carbonyl (C=O) groups is 1. The minimum Gasteiger partial charge on any atom is -0.339 e. The van der Waals surface area contributed by atoms with E-state index in [0.717, 1.165) is 32.2 Å². The molecule has 2 nitrogen and oxygen atoms in total. The molecular weight excluding hydrogens is 270 g/mol. The van der Waals surface area contributed by atoms with Gasteiger partial charge in [0, 0.05) is 18.5 Å². The summed E-state index contributed by atoms with van der Waals surface area (Å²) in [6, 6.07) is 9.32. The van der Waals surface area contributed by atoms with Crippen molar-refractivity contribution in [3.63, 3.8) is 0 Å². The fourth-order valence-electron chi connectivity index (χ4n) is 5.27. The highest BCUT2D eigenvalue weighted by Gasteiger charge is 2.50. The lowest BCUT2D eigenvalue weighted by Gasteiger charge is -2.55. The lowest BCUT2D eigenvalue weighted by Crippen LogP contribution is -2.60. The number of carbonyl (C=O) groups excluding carboxylic acids is 1. The second-order valence-electron chi connectivity index (χ2n) is 7.90. The highest BCUT2D eigenvalue weighted by atomic mass is 16.2. The number of amides is 1. The molecule has 1 heterocycles. The van der Waals surface area contributed by atoms with Gasteiger partial charge in [0.05, 0.1) is 0 Å². The van der Waals surface area contributed by atoms with Crippen molar-refractivity contribution in [1.29, 1.82) is 0 Å². The summed E-state index contributed by atoms with van der Waals surface area (Å²) in [5, 5.41) is 0. The Labute approximate surface area is 133 Å². The third-order valence-corrected chi connectivity index (χ3v) is 6.90. The summed E-state index contributed by atoms with van der Waals surface area (Å²) in [5.74, 6) is 1.33. The minimum absolute atomic E-state index is 0.242. The molecule has 2 aliphatic carbocycles. The SMILES string of the molecule is C[C@@H]1C2Cc3ccccc3[C@@]1(C)CCN2C(=O)C1CCCC1. The van der Waals surface area contributed by atoms with Crippen LogP contribution in [0.1, 0.15) is 57.1 Å². The molecule has 118 valence electrons. The minimum atomic E-state index is 0.242. The first-order valence-electron chi connectivity index (χ1n) is 9.00. The van der Waals surface area contributed by atoms with Crippen molar-refractivity contribution < 1.29 is 4.79 Å². The molecule has 22 heavy (non-hydrogen) atoms. The summed E-state index contributed by atoms with van der Waals surface area (Å²) < 4.78 is 0. The smallest absolute Gasteiger partial charge is 0.225 e. The molecule has 1 unspecified atom stereocenters. The zero-order valence-electron chi connectivity index (χ0n) is 13.8. The molecule has 2 bridgehead atoms. The Morgan fingerprint density at radius 2 is 1.95 bits per heavy atom. The van der Waals surface area contributed by atoms with E-state index in [-0.39, 0.29) is 5.41 Å². The van der Waals surface area contributed by atoms with Crippen molar-refractivity contribution in [3.8, 4) is 0 Å². The molecule has 1 aromatic carbocycles. The Hall–Kier alpha value is -1.31. The van der Waals surface area contributed by atoms with E-state index in [1.54, 1.807) is 0 Å². The third-order valence-electron chi connectivity index (χ3n) is 6.90. The summed E-state index contributed by atoms with van der Waals surface area (Å²) >= 11 is 0. The van der Waals surface area contributed by atoms with E-state index in [0.29, 0.717) is 23.8 Å². The van der Waals surface area contributed by atoms with Gasteiger partial charge in [0.1, 0.15) is 0 Å². The van der Waals surface area contributed by atoms with Gasteiger partial charge in [-0.15, -0.1) is 0 Å². The second-order valence-corrected chi connectivity index (χ2v) is 7.90. The van der Waals surface area contributed by atoms with Crippen molar-refractivity contribution in [2.24, 2.45) is 11.8 Å². The number of hydrogen-bond donors (Lipinski definition) is 0. The maximum atomic E-state index is 13.0. The van der Waals surface area contributed by atoms with Gasteiger partial charge < -0.3 is 4.90 Å². The maximum absolute atomic E-state index is 13.0. The van der Waals surface area contributed by atoms with Crippen LogP contribution in [0.15, 0.2) is 24.3 Å². The van der Waals surface area contributed by atoms with Crippen molar-refractivity contribution in [2.45, 2.75) is 63.8 Å². The Bertz CT molecular complexity index is 589. The Morgan fingerprint density at radius 1 is 1.23 bits per heavy atom. The molecule has 1 aromatic rings. The van der Waals surface area contributed by atoms with E-state index >= 15 is 0 Å². The van der Waals surface area contributed by atoms with Gasteiger partial charge in [-0.3, -0.25) is 4.79 Å². The van der Waals surface area contributed by atoms with Crippen LogP contribution in [0.5, 0.6) is 0 Å². The number of fused-ring (bicyclic) bond motifs is 4. The summed E-state index contributed by atoms with van der Waals surface area (Å²) in [6.45, 7) is 5.74. The number of rotatable bonds is 1. The first-order valence-corrected chi connectivity index (χ1v) is 9.00. The topological polar surface area (TPSA) is 20.3 Å². The van der Waals surface area contributed by atoms with Gasteiger partial charge in [-0.2, -0.15) is 0 Å². The summed E-state index contributed by atoms with van der Waals surface area (Å²) in [4.78, 5) is 15.3. The normalized spacial score (nSPS) is 34.5. The van der Waals surface area contributed by atoms with Gasteiger partial charge in [-0.25, -0.2) is 0 Å². The van der Waals surface area contributed by atoms with E-state index in [9.17, 15) is 4.79 Å². The number of likely N-dealkylation sites (tertiary alicyclic amines) is 1. The highest BCUT2D eigenvalue weighted by Crippen LogP contribution is 2.49. The molecule has 2 fully saturated rings. The molecule has 3 atom stereocenters. The molecule has 1 saturated heterocycles. The summed E-state index contributed by atoms with van der Waals surface area (Å²) in [5.41, 5.74) is 3.25. The fourth-order valence-corrected chi connectivity index (χ4v) is 5.27. The lowest BCUT2D eigenvalue weighted by atomic mass is 9.59. The largest absolute Gasteiger partial charge is 0.339 e. The number of nitrogens with zero attached hydrogens (tertiary/aromatic N) is 1. The van der Waals surface area contributed by atoms with E-state index in [4.69, 9.17) is 0 Å². The Kier molecular flexibility index (Phi) is 3.32. The van der Waals surface area contributed by atoms with Crippen LogP contribution in [0, 0.1) is 11.8 Å². The standard InChI is InChI=1S/C20H27NO/c1-14-18-13-16-9-5-6-10-17(16)20(14,2)11-12-21(18)19(22)15-7-3-4-8-15/h5-6,9-10,14-15,18H,3-4,7-8,11-13H2,1-2H3/t14-,18?,20+/m1/s1. The van der Waals surface area contributed by atoms with Gasteiger partial charge in [-0.05, 0) is 48.1 Å². The van der Waals surface area contributed by atoms with E-state index in [1.807, 2.05) is 0 Å². The van der Waals surface area contributed by atoms with Gasteiger partial charge in [-0.1, -0.05) is 51.0 Å². The Balaban J connectivity index is 1.67. The Morgan fingerprint density at radius 3 is 2.73 bits per heavy atom. The number of benzene rings is 1. The van der Waals surface area contributed by atoms with Gasteiger partial charge in [0.2, 0.25) is 5.91 Å².